The van der Waals surface area contributed by atoms with Crippen LogP contribution in [0.25, 0.3) is 4.91 Å². The maximum atomic E-state index is 13.2. The number of amides is 2. The van der Waals surface area contributed by atoms with Crippen LogP contribution in [-0.4, -0.2) is 51.9 Å². The van der Waals surface area contributed by atoms with Crippen LogP contribution in [0.5, 0.6) is 17.2 Å². The molecule has 9 nitrogen and oxygen atoms in total. The van der Waals surface area contributed by atoms with Crippen molar-refractivity contribution in [1.82, 2.24) is 9.62 Å². The van der Waals surface area contributed by atoms with Gasteiger partial charge < -0.3 is 19.5 Å². The monoisotopic (exact) mass is 488 g/mol. The van der Waals surface area contributed by atoms with E-state index >= 15 is 0 Å². The Morgan fingerprint density at radius 1 is 1.00 bits per heavy atom. The Labute approximate surface area is 199 Å². The summed E-state index contributed by atoms with van der Waals surface area (Å²) in [7, 11) is -1.16. The molecule has 0 spiro atoms. The highest BCUT2D eigenvalue weighted by molar-refractivity contribution is 7.99. The van der Waals surface area contributed by atoms with Gasteiger partial charge in [-0.15, -0.1) is 0 Å². The van der Waals surface area contributed by atoms with E-state index in [0.29, 0.717) is 33.7 Å². The lowest BCUT2D eigenvalue weighted by molar-refractivity contribution is -0.128. The minimum atomic E-state index is -4.19. The first-order valence-corrected chi connectivity index (χ1v) is 12.2. The minimum Gasteiger partial charge on any atom is -0.497 e. The number of carbonyl (C=O) groups is 2. The zero-order valence-corrected chi connectivity index (χ0v) is 20.4. The number of hydrogen-bond acceptors (Lipinski definition) is 7. The summed E-state index contributed by atoms with van der Waals surface area (Å²) in [6.07, 6.45) is 0.212. The number of nitrogens with one attached hydrogen (secondary N) is 1. The van der Waals surface area contributed by atoms with Gasteiger partial charge in [-0.3, -0.25) is 9.59 Å². The standard InChI is InChI=1S/C24H28N2O7S/c1-5-19-23(17-8-10-18(31-3)11-9-17)34(29,30)26(24(19)28)15-22(27)25-14-16-7-12-20(33-6-2)21(13-16)32-4/h7-13H,5-6,14-15H2,1-4H3,(H,25,27). The molecule has 0 unspecified atom stereocenters. The predicted molar refractivity (Wildman–Crippen MR) is 127 cm³/mol. The number of hydrogen-bond donors (Lipinski definition) is 1. The van der Waals surface area contributed by atoms with Crippen molar-refractivity contribution in [3.8, 4) is 17.2 Å². The molecule has 1 aliphatic rings. The van der Waals surface area contributed by atoms with E-state index in [2.05, 4.69) is 5.32 Å². The van der Waals surface area contributed by atoms with Crippen molar-refractivity contribution in [2.24, 2.45) is 0 Å². The molecule has 2 aromatic carbocycles. The number of sulfonamides is 1. The van der Waals surface area contributed by atoms with Crippen LogP contribution in [-0.2, 0) is 26.2 Å². The van der Waals surface area contributed by atoms with Crippen molar-refractivity contribution in [2.45, 2.75) is 26.8 Å². The molecule has 0 radical (unpaired) electrons. The van der Waals surface area contributed by atoms with Gasteiger partial charge >= 0.3 is 0 Å². The lowest BCUT2D eigenvalue weighted by Crippen LogP contribution is -2.41. The van der Waals surface area contributed by atoms with Crippen molar-refractivity contribution in [1.29, 1.82) is 0 Å². The second kappa shape index (κ2) is 10.6. The Hall–Kier alpha value is -3.53. The fourth-order valence-electron chi connectivity index (χ4n) is 3.64. The van der Waals surface area contributed by atoms with Gasteiger partial charge in [0.05, 0.1) is 20.8 Å². The molecule has 1 aliphatic heterocycles. The minimum absolute atomic E-state index is 0.0771. The summed E-state index contributed by atoms with van der Waals surface area (Å²) in [5, 5.41) is 2.66. The summed E-state index contributed by atoms with van der Waals surface area (Å²) in [6.45, 7) is 3.56. The SMILES string of the molecule is CCOc1ccc(CNC(=O)CN2C(=O)C(CC)=C(c3ccc(OC)cc3)S2(=O)=O)cc1OC. The van der Waals surface area contributed by atoms with Crippen molar-refractivity contribution in [2.75, 3.05) is 27.4 Å². The predicted octanol–water partition coefficient (Wildman–Crippen LogP) is 2.71. The molecule has 0 atom stereocenters. The van der Waals surface area contributed by atoms with Crippen LogP contribution in [0.4, 0.5) is 0 Å². The molecule has 0 fully saturated rings. The normalized spacial score (nSPS) is 14.8. The Kier molecular flexibility index (Phi) is 7.83. The van der Waals surface area contributed by atoms with E-state index in [0.717, 1.165) is 5.56 Å². The molecule has 0 saturated heterocycles. The maximum Gasteiger partial charge on any atom is 0.268 e. The average Bonchev–Trinajstić information content (AvgIpc) is 3.03. The van der Waals surface area contributed by atoms with Gasteiger partial charge in [-0.05, 0) is 60.9 Å². The van der Waals surface area contributed by atoms with Crippen LogP contribution in [0.15, 0.2) is 48.0 Å². The highest BCUT2D eigenvalue weighted by Gasteiger charge is 2.44. The Balaban J connectivity index is 1.74. The van der Waals surface area contributed by atoms with Crippen molar-refractivity contribution in [3.05, 3.63) is 59.2 Å². The van der Waals surface area contributed by atoms with Crippen molar-refractivity contribution >= 4 is 26.7 Å². The lowest BCUT2D eigenvalue weighted by atomic mass is 10.1. The van der Waals surface area contributed by atoms with E-state index in [1.165, 1.54) is 14.2 Å². The zero-order valence-electron chi connectivity index (χ0n) is 19.6. The maximum absolute atomic E-state index is 13.2. The molecular formula is C24H28N2O7S. The van der Waals surface area contributed by atoms with Gasteiger partial charge in [-0.1, -0.05) is 13.0 Å². The molecule has 2 amide bonds. The first-order valence-electron chi connectivity index (χ1n) is 10.8. The molecule has 182 valence electrons. The molecule has 34 heavy (non-hydrogen) atoms. The molecule has 2 aromatic rings. The second-order valence-corrected chi connectivity index (χ2v) is 9.20. The third-order valence-corrected chi connectivity index (χ3v) is 7.19. The average molecular weight is 489 g/mol. The lowest BCUT2D eigenvalue weighted by Gasteiger charge is -2.17. The number of ether oxygens (including phenoxy) is 3. The van der Waals surface area contributed by atoms with Gasteiger partial charge in [-0.2, -0.15) is 0 Å². The highest BCUT2D eigenvalue weighted by atomic mass is 32.2. The van der Waals surface area contributed by atoms with Crippen LogP contribution < -0.4 is 19.5 Å². The van der Waals surface area contributed by atoms with Gasteiger partial charge in [-0.25, -0.2) is 12.7 Å². The van der Waals surface area contributed by atoms with Gasteiger partial charge in [0, 0.05) is 12.1 Å². The number of benzene rings is 2. The first-order chi connectivity index (χ1) is 16.3. The van der Waals surface area contributed by atoms with Gasteiger partial charge in [0.25, 0.3) is 15.9 Å². The molecule has 10 heteroatoms. The third kappa shape index (κ3) is 5.01. The topological polar surface area (TPSA) is 111 Å². The molecule has 1 N–H and O–H groups in total. The van der Waals surface area contributed by atoms with Crippen LogP contribution in [0.3, 0.4) is 0 Å². The van der Waals surface area contributed by atoms with Crippen LogP contribution in [0.1, 0.15) is 31.4 Å². The molecular weight excluding hydrogens is 460 g/mol. The van der Waals surface area contributed by atoms with Gasteiger partial charge in [0.15, 0.2) is 11.5 Å². The van der Waals surface area contributed by atoms with Crippen molar-refractivity contribution < 1.29 is 32.2 Å². The number of carbonyl (C=O) groups excluding carboxylic acids is 2. The van der Waals surface area contributed by atoms with E-state index in [1.54, 1.807) is 49.4 Å². The summed E-state index contributed by atoms with van der Waals surface area (Å²) < 4.78 is 43.0. The fourth-order valence-corrected chi connectivity index (χ4v) is 5.45. The quantitative estimate of drug-likeness (QED) is 0.547. The summed E-state index contributed by atoms with van der Waals surface area (Å²) in [4.78, 5) is 25.4. The first kappa shape index (κ1) is 25.1. The molecule has 0 aromatic heterocycles. The summed E-state index contributed by atoms with van der Waals surface area (Å²) in [6, 6.07) is 11.6. The smallest absolute Gasteiger partial charge is 0.268 e. The highest BCUT2D eigenvalue weighted by Crippen LogP contribution is 2.37. The molecule has 0 aliphatic carbocycles. The number of nitrogens with zero attached hydrogens (tertiary/aromatic N) is 1. The molecule has 1 heterocycles. The van der Waals surface area contributed by atoms with E-state index in [-0.39, 0.29) is 23.4 Å². The molecule has 0 saturated carbocycles. The zero-order chi connectivity index (χ0) is 24.9. The molecule has 3 rings (SSSR count). The van der Waals surface area contributed by atoms with Gasteiger partial charge in [0.2, 0.25) is 5.91 Å². The Morgan fingerprint density at radius 3 is 2.29 bits per heavy atom. The van der Waals surface area contributed by atoms with Crippen LogP contribution in [0, 0.1) is 0 Å². The fraction of sp³-hybridized carbons (Fsp3) is 0.333. The van der Waals surface area contributed by atoms with Crippen LogP contribution in [0.2, 0.25) is 0 Å². The van der Waals surface area contributed by atoms with E-state index in [4.69, 9.17) is 14.2 Å². The Morgan fingerprint density at radius 2 is 1.71 bits per heavy atom. The largest absolute Gasteiger partial charge is 0.497 e. The summed E-state index contributed by atoms with van der Waals surface area (Å²) >= 11 is 0. The van der Waals surface area contributed by atoms with Crippen LogP contribution >= 0.6 is 0 Å². The second-order valence-electron chi connectivity index (χ2n) is 7.40. The third-order valence-electron chi connectivity index (χ3n) is 5.32. The number of methoxy groups -OCH3 is 2. The van der Waals surface area contributed by atoms with Crippen molar-refractivity contribution in [3.63, 3.8) is 0 Å². The molecule has 0 bridgehead atoms. The van der Waals surface area contributed by atoms with E-state index in [9.17, 15) is 18.0 Å². The van der Waals surface area contributed by atoms with Gasteiger partial charge in [0.1, 0.15) is 17.2 Å². The number of rotatable bonds is 10. The van der Waals surface area contributed by atoms with E-state index < -0.39 is 28.4 Å². The summed E-state index contributed by atoms with van der Waals surface area (Å²) in [5.41, 5.74) is 1.25. The van der Waals surface area contributed by atoms with E-state index in [1.807, 2.05) is 6.92 Å². The Bertz CT molecular complexity index is 1200. The summed E-state index contributed by atoms with van der Waals surface area (Å²) in [5.74, 6) is 0.374.